The molecular weight excluding hydrogens is 319 g/mol. The topological polar surface area (TPSA) is 52.1 Å². The third-order valence-electron chi connectivity index (χ3n) is 5.60. The summed E-state index contributed by atoms with van der Waals surface area (Å²) in [6.45, 7) is 4.50. The first-order valence-electron chi connectivity index (χ1n) is 8.82. The van der Waals surface area contributed by atoms with Gasteiger partial charge in [-0.2, -0.15) is 13.2 Å². The molecule has 2 fully saturated rings. The average molecular weight is 345 g/mol. The van der Waals surface area contributed by atoms with Crippen molar-refractivity contribution in [1.82, 2.24) is 14.9 Å². The Balaban J connectivity index is 1.52. The van der Waals surface area contributed by atoms with Gasteiger partial charge in [-0.25, -0.2) is 4.98 Å². The van der Waals surface area contributed by atoms with E-state index in [9.17, 15) is 18.3 Å². The molecule has 0 amide bonds. The van der Waals surface area contributed by atoms with Crippen molar-refractivity contribution in [3.05, 3.63) is 17.7 Å². The Morgan fingerprint density at radius 1 is 1.25 bits per heavy atom. The van der Waals surface area contributed by atoms with Gasteiger partial charge >= 0.3 is 6.18 Å². The van der Waals surface area contributed by atoms with E-state index in [2.05, 4.69) is 21.8 Å². The van der Waals surface area contributed by atoms with Crippen LogP contribution >= 0.6 is 0 Å². The van der Waals surface area contributed by atoms with Crippen LogP contribution in [0.3, 0.4) is 0 Å². The Morgan fingerprint density at radius 3 is 2.42 bits per heavy atom. The molecule has 0 radical (unpaired) electrons. The normalized spacial score (nSPS) is 30.6. The van der Waals surface area contributed by atoms with Crippen LogP contribution in [0.25, 0.3) is 0 Å². The minimum absolute atomic E-state index is 0.0402. The SMILES string of the molecule is CC1CCC(O)(CN2CCC(c3ncc(C(F)(F)F)[nH]3)CC2)CC1. The molecule has 7 heteroatoms. The molecule has 24 heavy (non-hydrogen) atoms. The Kier molecular flexibility index (Phi) is 4.93. The van der Waals surface area contributed by atoms with Crippen molar-refractivity contribution in [3.63, 3.8) is 0 Å². The van der Waals surface area contributed by atoms with Crippen LogP contribution in [0, 0.1) is 5.92 Å². The maximum atomic E-state index is 12.7. The van der Waals surface area contributed by atoms with E-state index in [0.29, 0.717) is 18.3 Å². The van der Waals surface area contributed by atoms with Crippen LogP contribution in [-0.4, -0.2) is 45.2 Å². The zero-order valence-electron chi connectivity index (χ0n) is 14.1. The molecule has 2 N–H and O–H groups in total. The van der Waals surface area contributed by atoms with Crippen LogP contribution in [0.5, 0.6) is 0 Å². The number of aromatic amines is 1. The highest BCUT2D eigenvalue weighted by Crippen LogP contribution is 2.35. The number of rotatable bonds is 3. The van der Waals surface area contributed by atoms with E-state index in [1.165, 1.54) is 0 Å². The number of alkyl halides is 3. The van der Waals surface area contributed by atoms with Gasteiger partial charge in [-0.3, -0.25) is 0 Å². The second-order valence-electron chi connectivity index (χ2n) is 7.64. The van der Waals surface area contributed by atoms with Crippen molar-refractivity contribution in [3.8, 4) is 0 Å². The zero-order chi connectivity index (χ0) is 17.4. The smallest absolute Gasteiger partial charge is 0.389 e. The molecule has 1 aromatic heterocycles. The first-order valence-corrected chi connectivity index (χ1v) is 8.82. The number of hydrogen-bond donors (Lipinski definition) is 2. The number of nitrogens with zero attached hydrogens (tertiary/aromatic N) is 2. The Morgan fingerprint density at radius 2 is 1.88 bits per heavy atom. The van der Waals surface area contributed by atoms with Crippen molar-refractivity contribution < 1.29 is 18.3 Å². The summed E-state index contributed by atoms with van der Waals surface area (Å²) in [7, 11) is 0. The zero-order valence-corrected chi connectivity index (χ0v) is 14.1. The van der Waals surface area contributed by atoms with Gasteiger partial charge in [-0.1, -0.05) is 6.92 Å². The lowest BCUT2D eigenvalue weighted by molar-refractivity contribution is -0.141. The molecule has 0 atom stereocenters. The van der Waals surface area contributed by atoms with Crippen molar-refractivity contribution in [1.29, 1.82) is 0 Å². The van der Waals surface area contributed by atoms with Gasteiger partial charge in [0.1, 0.15) is 11.5 Å². The number of nitrogens with one attached hydrogen (secondary N) is 1. The highest BCUT2D eigenvalue weighted by molar-refractivity contribution is 5.09. The second-order valence-corrected chi connectivity index (χ2v) is 7.64. The van der Waals surface area contributed by atoms with E-state index in [0.717, 1.165) is 57.8 Å². The predicted molar refractivity (Wildman–Crippen MR) is 84.6 cm³/mol. The fourth-order valence-corrected chi connectivity index (χ4v) is 3.93. The molecule has 1 aliphatic heterocycles. The molecule has 0 bridgehead atoms. The van der Waals surface area contributed by atoms with Gasteiger partial charge < -0.3 is 15.0 Å². The molecule has 1 aromatic rings. The number of β-amino-alcohol motifs (C(OH)–C–C–N with tert-alkyl or cyclic N) is 1. The summed E-state index contributed by atoms with van der Waals surface area (Å²) in [5, 5.41) is 10.7. The molecule has 1 aliphatic carbocycles. The van der Waals surface area contributed by atoms with Gasteiger partial charge in [0.15, 0.2) is 0 Å². The van der Waals surface area contributed by atoms with Crippen LogP contribution < -0.4 is 0 Å². The number of H-pyrrole nitrogens is 1. The van der Waals surface area contributed by atoms with Crippen LogP contribution in [0.1, 0.15) is 62.9 Å². The van der Waals surface area contributed by atoms with Crippen LogP contribution in [0.15, 0.2) is 6.20 Å². The van der Waals surface area contributed by atoms with Gasteiger partial charge in [0, 0.05) is 12.5 Å². The maximum Gasteiger partial charge on any atom is 0.432 e. The first kappa shape index (κ1) is 17.7. The summed E-state index contributed by atoms with van der Waals surface area (Å²) in [5.41, 5.74) is -1.36. The van der Waals surface area contributed by atoms with Gasteiger partial charge in [0.25, 0.3) is 0 Å². The van der Waals surface area contributed by atoms with E-state index in [-0.39, 0.29) is 5.92 Å². The number of hydrogen-bond acceptors (Lipinski definition) is 3. The molecule has 1 saturated carbocycles. The van der Waals surface area contributed by atoms with Crippen molar-refractivity contribution in [2.24, 2.45) is 5.92 Å². The van der Waals surface area contributed by atoms with Gasteiger partial charge in [-0.15, -0.1) is 0 Å². The number of aliphatic hydroxyl groups is 1. The van der Waals surface area contributed by atoms with Crippen LogP contribution in [0.2, 0.25) is 0 Å². The summed E-state index contributed by atoms with van der Waals surface area (Å²) < 4.78 is 38.0. The fourth-order valence-electron chi connectivity index (χ4n) is 3.93. The average Bonchev–Trinajstić information content (AvgIpc) is 3.01. The molecule has 0 unspecified atom stereocenters. The molecule has 3 rings (SSSR count). The second kappa shape index (κ2) is 6.67. The Bertz CT molecular complexity index is 542. The standard InChI is InChI=1S/C17H26F3N3O/c1-12-2-6-16(24,7-3-12)11-23-8-4-13(5-9-23)15-21-10-14(22-15)17(18,19)20/h10,12-13,24H,2-9,11H2,1H3,(H,21,22). The maximum absolute atomic E-state index is 12.7. The third kappa shape index (κ3) is 4.11. The lowest BCUT2D eigenvalue weighted by atomic mass is 9.79. The molecule has 2 aliphatic rings. The highest BCUT2D eigenvalue weighted by Gasteiger charge is 2.36. The number of likely N-dealkylation sites (tertiary alicyclic amines) is 1. The van der Waals surface area contributed by atoms with Gasteiger partial charge in [0.2, 0.25) is 0 Å². The van der Waals surface area contributed by atoms with Gasteiger partial charge in [-0.05, 0) is 57.5 Å². The largest absolute Gasteiger partial charge is 0.432 e. The van der Waals surface area contributed by atoms with Crippen molar-refractivity contribution in [2.75, 3.05) is 19.6 Å². The Hall–Kier alpha value is -1.08. The van der Waals surface area contributed by atoms with Crippen LogP contribution in [0.4, 0.5) is 13.2 Å². The number of halogens is 3. The van der Waals surface area contributed by atoms with E-state index < -0.39 is 17.5 Å². The summed E-state index contributed by atoms with van der Waals surface area (Å²) in [6.07, 6.45) is 1.90. The minimum Gasteiger partial charge on any atom is -0.389 e. The lowest BCUT2D eigenvalue weighted by Crippen LogP contribution is -2.47. The van der Waals surface area contributed by atoms with Crippen molar-refractivity contribution >= 4 is 0 Å². The summed E-state index contributed by atoms with van der Waals surface area (Å²) >= 11 is 0. The first-order chi connectivity index (χ1) is 11.3. The lowest BCUT2D eigenvalue weighted by Gasteiger charge is -2.41. The van der Waals surface area contributed by atoms with E-state index in [4.69, 9.17) is 0 Å². The number of piperidine rings is 1. The third-order valence-corrected chi connectivity index (χ3v) is 5.60. The molecule has 4 nitrogen and oxygen atoms in total. The molecule has 1 saturated heterocycles. The van der Waals surface area contributed by atoms with Crippen LogP contribution in [-0.2, 0) is 6.18 Å². The summed E-state index contributed by atoms with van der Waals surface area (Å²) in [6, 6.07) is 0. The molecular formula is C17H26F3N3O. The Labute approximate surface area is 140 Å². The molecule has 136 valence electrons. The molecule has 2 heterocycles. The predicted octanol–water partition coefficient (Wildman–Crippen LogP) is 3.55. The van der Waals surface area contributed by atoms with Crippen molar-refractivity contribution in [2.45, 2.75) is 63.1 Å². The molecule has 0 aromatic carbocycles. The van der Waals surface area contributed by atoms with Gasteiger partial charge in [0.05, 0.1) is 11.8 Å². The minimum atomic E-state index is -4.37. The van der Waals surface area contributed by atoms with E-state index >= 15 is 0 Å². The summed E-state index contributed by atoms with van der Waals surface area (Å²) in [4.78, 5) is 8.60. The molecule has 0 spiro atoms. The van der Waals surface area contributed by atoms with E-state index in [1.807, 2.05) is 0 Å². The monoisotopic (exact) mass is 345 g/mol. The number of aromatic nitrogens is 2. The fraction of sp³-hybridized carbons (Fsp3) is 0.824. The summed E-state index contributed by atoms with van der Waals surface area (Å²) in [5.74, 6) is 1.17. The number of imidazole rings is 1. The van der Waals surface area contributed by atoms with E-state index in [1.54, 1.807) is 0 Å². The highest BCUT2D eigenvalue weighted by atomic mass is 19.4. The quantitative estimate of drug-likeness (QED) is 0.881.